The fraction of sp³-hybridized carbons (Fsp3) is 0.150. The molecule has 130 valence electrons. The molecule has 0 aliphatic heterocycles. The average molecular weight is 362 g/mol. The number of benzene rings is 2. The van der Waals surface area contributed by atoms with Crippen LogP contribution in [-0.2, 0) is 0 Å². The van der Waals surface area contributed by atoms with Crippen LogP contribution in [-0.4, -0.2) is 27.1 Å². The Morgan fingerprint density at radius 1 is 1.15 bits per heavy atom. The molecule has 0 unspecified atom stereocenters. The molecular formula is C20H18N4OS. The van der Waals surface area contributed by atoms with Gasteiger partial charge in [-0.25, -0.2) is 4.98 Å². The van der Waals surface area contributed by atoms with Crippen LogP contribution in [0, 0.1) is 13.8 Å². The quantitative estimate of drug-likeness (QED) is 0.441. The van der Waals surface area contributed by atoms with Gasteiger partial charge in [-0.05, 0) is 49.9 Å². The second-order valence-corrected chi connectivity index (χ2v) is 7.07. The van der Waals surface area contributed by atoms with Gasteiger partial charge >= 0.3 is 0 Å². The molecule has 5 nitrogen and oxygen atoms in total. The van der Waals surface area contributed by atoms with Crippen LogP contribution in [0.4, 0.5) is 0 Å². The largest absolute Gasteiger partial charge is 0.349 e. The number of rotatable bonds is 3. The van der Waals surface area contributed by atoms with E-state index < -0.39 is 0 Å². The fourth-order valence-electron chi connectivity index (χ4n) is 2.97. The van der Waals surface area contributed by atoms with Crippen molar-refractivity contribution in [3.63, 3.8) is 0 Å². The number of hydrogen-bond donors (Lipinski definition) is 1. The molecule has 2 aromatic carbocycles. The van der Waals surface area contributed by atoms with Crippen LogP contribution < -0.4 is 5.56 Å². The molecule has 0 spiro atoms. The summed E-state index contributed by atoms with van der Waals surface area (Å²) in [5.41, 5.74) is 3.95. The Bertz CT molecular complexity index is 1200. The lowest BCUT2D eigenvalue weighted by molar-refractivity contribution is 0.769. The van der Waals surface area contributed by atoms with Gasteiger partial charge in [-0.3, -0.25) is 4.79 Å². The van der Waals surface area contributed by atoms with Crippen molar-refractivity contribution >= 4 is 39.9 Å². The molecule has 0 aliphatic carbocycles. The van der Waals surface area contributed by atoms with E-state index in [2.05, 4.69) is 15.1 Å². The van der Waals surface area contributed by atoms with E-state index >= 15 is 0 Å². The zero-order valence-corrected chi connectivity index (χ0v) is 15.6. The van der Waals surface area contributed by atoms with Gasteiger partial charge in [-0.2, -0.15) is 9.78 Å². The number of aryl methyl sites for hydroxylation is 2. The first-order chi connectivity index (χ1) is 12.6. The molecular weight excluding hydrogens is 344 g/mol. The lowest BCUT2D eigenvalue weighted by Crippen LogP contribution is -2.20. The molecule has 0 fully saturated rings. The zero-order valence-electron chi connectivity index (χ0n) is 14.8. The average Bonchev–Trinajstić information content (AvgIpc) is 3.00. The number of hydrogen-bond acceptors (Lipinski definition) is 4. The van der Waals surface area contributed by atoms with Crippen molar-refractivity contribution in [3.05, 3.63) is 69.8 Å². The molecule has 0 aliphatic rings. The van der Waals surface area contributed by atoms with Gasteiger partial charge < -0.3 is 4.98 Å². The van der Waals surface area contributed by atoms with E-state index in [1.807, 2.05) is 55.6 Å². The van der Waals surface area contributed by atoms with E-state index in [0.717, 1.165) is 22.0 Å². The predicted octanol–water partition coefficient (Wildman–Crippen LogP) is 4.10. The van der Waals surface area contributed by atoms with E-state index in [4.69, 9.17) is 0 Å². The summed E-state index contributed by atoms with van der Waals surface area (Å²) < 4.78 is 1.34. The lowest BCUT2D eigenvalue weighted by atomic mass is 10.2. The van der Waals surface area contributed by atoms with Gasteiger partial charge in [0.15, 0.2) is 0 Å². The first-order valence-corrected chi connectivity index (χ1v) is 9.49. The maximum Gasteiger partial charge on any atom is 0.298 e. The van der Waals surface area contributed by atoms with Crippen molar-refractivity contribution < 1.29 is 0 Å². The lowest BCUT2D eigenvalue weighted by Gasteiger charge is -2.03. The number of aromatic nitrogens is 3. The maximum absolute atomic E-state index is 12.9. The third-order valence-electron chi connectivity index (χ3n) is 4.35. The van der Waals surface area contributed by atoms with Crippen LogP contribution in [0.5, 0.6) is 0 Å². The van der Waals surface area contributed by atoms with Gasteiger partial charge in [0, 0.05) is 15.8 Å². The molecule has 2 aromatic heterocycles. The summed E-state index contributed by atoms with van der Waals surface area (Å²) in [7, 11) is 0. The predicted molar refractivity (Wildman–Crippen MR) is 109 cm³/mol. The monoisotopic (exact) mass is 362 g/mol. The molecule has 0 radical (unpaired) electrons. The topological polar surface area (TPSA) is 63.0 Å². The summed E-state index contributed by atoms with van der Waals surface area (Å²) >= 11 is 1.69. The molecule has 0 bridgehead atoms. The number of thioether (sulfide) groups is 1. The summed E-state index contributed by atoms with van der Waals surface area (Å²) in [5.74, 6) is 0.557. The molecule has 4 aromatic rings. The third kappa shape index (κ3) is 2.82. The van der Waals surface area contributed by atoms with Crippen LogP contribution in [0.15, 0.2) is 57.3 Å². The van der Waals surface area contributed by atoms with E-state index in [1.165, 1.54) is 9.57 Å². The van der Waals surface area contributed by atoms with Crippen LogP contribution >= 0.6 is 11.8 Å². The Hall–Kier alpha value is -2.86. The maximum atomic E-state index is 12.9. The van der Waals surface area contributed by atoms with Gasteiger partial charge in [0.05, 0.1) is 6.21 Å². The number of nitrogens with zero attached hydrogens (tertiary/aromatic N) is 3. The van der Waals surface area contributed by atoms with E-state index in [1.54, 1.807) is 24.9 Å². The van der Waals surface area contributed by atoms with Gasteiger partial charge in [0.25, 0.3) is 5.56 Å². The molecule has 26 heavy (non-hydrogen) atoms. The number of aromatic amines is 1. The van der Waals surface area contributed by atoms with Crippen molar-refractivity contribution in [1.29, 1.82) is 0 Å². The fourth-order valence-corrected chi connectivity index (χ4v) is 3.38. The first-order valence-electron chi connectivity index (χ1n) is 8.27. The summed E-state index contributed by atoms with van der Waals surface area (Å²) in [6.45, 7) is 3.82. The summed E-state index contributed by atoms with van der Waals surface area (Å²) in [6.07, 6.45) is 3.72. The summed E-state index contributed by atoms with van der Waals surface area (Å²) in [6, 6.07) is 14.1. The van der Waals surface area contributed by atoms with Crippen molar-refractivity contribution in [2.45, 2.75) is 18.7 Å². The van der Waals surface area contributed by atoms with Gasteiger partial charge in [0.2, 0.25) is 0 Å². The molecule has 0 saturated heterocycles. The van der Waals surface area contributed by atoms with Gasteiger partial charge in [0.1, 0.15) is 16.9 Å². The molecule has 4 rings (SSSR count). The third-order valence-corrected chi connectivity index (χ3v) is 5.09. The van der Waals surface area contributed by atoms with Crippen LogP contribution in [0.25, 0.3) is 21.9 Å². The molecule has 2 heterocycles. The number of H-pyrrole nitrogens is 1. The van der Waals surface area contributed by atoms with Crippen LogP contribution in [0.1, 0.15) is 17.0 Å². The highest BCUT2D eigenvalue weighted by Gasteiger charge is 2.13. The minimum atomic E-state index is -0.196. The first kappa shape index (κ1) is 16.6. The molecule has 0 saturated carbocycles. The highest BCUT2D eigenvalue weighted by atomic mass is 32.2. The van der Waals surface area contributed by atoms with E-state index in [0.29, 0.717) is 16.9 Å². The smallest absolute Gasteiger partial charge is 0.298 e. The number of nitrogens with one attached hydrogen (secondary N) is 1. The van der Waals surface area contributed by atoms with Crippen LogP contribution in [0.2, 0.25) is 0 Å². The number of fused-ring (bicyclic) bond motifs is 3. The summed E-state index contributed by atoms with van der Waals surface area (Å²) in [4.78, 5) is 21.9. The minimum Gasteiger partial charge on any atom is -0.349 e. The Labute approximate surface area is 154 Å². The second kappa shape index (κ2) is 6.46. The van der Waals surface area contributed by atoms with E-state index in [9.17, 15) is 4.79 Å². The van der Waals surface area contributed by atoms with Gasteiger partial charge in [-0.15, -0.1) is 11.8 Å². The molecule has 0 amide bonds. The van der Waals surface area contributed by atoms with Crippen molar-refractivity contribution in [2.24, 2.45) is 5.10 Å². The molecule has 0 atom stereocenters. The highest BCUT2D eigenvalue weighted by molar-refractivity contribution is 7.98. The Morgan fingerprint density at radius 3 is 2.65 bits per heavy atom. The second-order valence-electron chi connectivity index (χ2n) is 6.19. The Kier molecular flexibility index (Phi) is 4.12. The van der Waals surface area contributed by atoms with Crippen LogP contribution in [0.3, 0.4) is 0 Å². The standard InChI is InChI=1S/C20H18N4OS/c1-12-4-9-17-16(10-12)18-19(23-17)20(25)24(13(2)22-18)21-11-14-5-7-15(26-3)8-6-14/h4-11,23H,1-3H3/b21-11-. The SMILES string of the molecule is CSc1ccc(/C=N\n2c(C)nc3c([nH]c4ccc(C)cc43)c2=O)cc1. The molecule has 1 N–H and O–H groups in total. The zero-order chi connectivity index (χ0) is 18.3. The normalized spacial score (nSPS) is 11.8. The van der Waals surface area contributed by atoms with Crippen molar-refractivity contribution in [3.8, 4) is 0 Å². The van der Waals surface area contributed by atoms with Crippen molar-refractivity contribution in [2.75, 3.05) is 6.26 Å². The van der Waals surface area contributed by atoms with Crippen molar-refractivity contribution in [1.82, 2.24) is 14.6 Å². The minimum absolute atomic E-state index is 0.196. The Balaban J connectivity index is 1.83. The Morgan fingerprint density at radius 2 is 1.92 bits per heavy atom. The molecule has 6 heteroatoms. The van der Waals surface area contributed by atoms with Gasteiger partial charge in [-0.1, -0.05) is 23.8 Å². The summed E-state index contributed by atoms with van der Waals surface area (Å²) in [5, 5.41) is 5.32. The van der Waals surface area contributed by atoms with E-state index in [-0.39, 0.29) is 5.56 Å². The highest BCUT2D eigenvalue weighted by Crippen LogP contribution is 2.23.